The van der Waals surface area contributed by atoms with Crippen LogP contribution in [0.3, 0.4) is 0 Å². The molecular formula is C12H20O5S. The highest BCUT2D eigenvalue weighted by Crippen LogP contribution is 2.14. The summed E-state index contributed by atoms with van der Waals surface area (Å²) in [7, 11) is 0. The summed E-state index contributed by atoms with van der Waals surface area (Å²) in [6.07, 6.45) is 1.13. The highest BCUT2D eigenvalue weighted by atomic mass is 32.2. The molecule has 1 aliphatic rings. The summed E-state index contributed by atoms with van der Waals surface area (Å²) < 4.78 is 15.3. The van der Waals surface area contributed by atoms with Gasteiger partial charge in [-0.05, 0) is 18.6 Å². The molecule has 104 valence electrons. The van der Waals surface area contributed by atoms with Gasteiger partial charge in [-0.25, -0.2) is 4.79 Å². The van der Waals surface area contributed by atoms with E-state index in [1.807, 2.05) is 6.92 Å². The van der Waals surface area contributed by atoms with Crippen molar-refractivity contribution in [3.63, 3.8) is 0 Å². The standard InChI is InChI=1S/C12H20O5S/c1-3-9(2)12(14)16-7-10(13)17-11-8-18-6-4-5-15-11/h9,11H,3-8H2,1-2H3. The third-order valence-electron chi connectivity index (χ3n) is 2.60. The van der Waals surface area contributed by atoms with Crippen molar-refractivity contribution in [1.82, 2.24) is 0 Å². The topological polar surface area (TPSA) is 61.8 Å². The first kappa shape index (κ1) is 15.3. The highest BCUT2D eigenvalue weighted by Gasteiger charge is 2.19. The Bertz CT molecular complexity index is 274. The maximum absolute atomic E-state index is 11.5. The van der Waals surface area contributed by atoms with Crippen LogP contribution in [0.1, 0.15) is 26.7 Å². The van der Waals surface area contributed by atoms with Crippen LogP contribution < -0.4 is 0 Å². The Balaban J connectivity index is 2.22. The lowest BCUT2D eigenvalue weighted by Crippen LogP contribution is -2.27. The molecule has 1 rings (SSSR count). The van der Waals surface area contributed by atoms with Gasteiger partial charge in [0.25, 0.3) is 0 Å². The molecular weight excluding hydrogens is 256 g/mol. The fraction of sp³-hybridized carbons (Fsp3) is 0.833. The van der Waals surface area contributed by atoms with E-state index in [2.05, 4.69) is 0 Å². The molecule has 0 bridgehead atoms. The minimum Gasteiger partial charge on any atom is -0.453 e. The van der Waals surface area contributed by atoms with Crippen molar-refractivity contribution in [2.24, 2.45) is 5.92 Å². The largest absolute Gasteiger partial charge is 0.453 e. The lowest BCUT2D eigenvalue weighted by molar-refractivity contribution is -0.181. The molecule has 1 heterocycles. The molecule has 0 saturated carbocycles. The van der Waals surface area contributed by atoms with Crippen LogP contribution >= 0.6 is 11.8 Å². The molecule has 0 aromatic heterocycles. The van der Waals surface area contributed by atoms with E-state index in [1.165, 1.54) is 0 Å². The molecule has 1 saturated heterocycles. The predicted molar refractivity (Wildman–Crippen MR) is 68.2 cm³/mol. The molecule has 0 N–H and O–H groups in total. The lowest BCUT2D eigenvalue weighted by atomic mass is 10.1. The smallest absolute Gasteiger partial charge is 0.346 e. The van der Waals surface area contributed by atoms with E-state index in [0.717, 1.165) is 12.2 Å². The number of esters is 2. The second kappa shape index (κ2) is 8.37. The number of hydrogen-bond donors (Lipinski definition) is 0. The lowest BCUT2D eigenvalue weighted by Gasteiger charge is -2.15. The molecule has 6 heteroatoms. The molecule has 5 nitrogen and oxygen atoms in total. The predicted octanol–water partition coefficient (Wildman–Crippen LogP) is 1.60. The van der Waals surface area contributed by atoms with Gasteiger partial charge in [0.05, 0.1) is 18.3 Å². The maximum Gasteiger partial charge on any atom is 0.346 e. The minimum absolute atomic E-state index is 0.192. The van der Waals surface area contributed by atoms with E-state index in [1.54, 1.807) is 18.7 Å². The summed E-state index contributed by atoms with van der Waals surface area (Å²) in [5.74, 6) is 0.523. The quantitative estimate of drug-likeness (QED) is 0.711. The zero-order valence-electron chi connectivity index (χ0n) is 10.8. The molecule has 1 fully saturated rings. The van der Waals surface area contributed by atoms with Crippen LogP contribution in [0.15, 0.2) is 0 Å². The molecule has 0 aliphatic carbocycles. The molecule has 2 atom stereocenters. The van der Waals surface area contributed by atoms with Gasteiger partial charge in [-0.15, -0.1) is 0 Å². The average molecular weight is 276 g/mol. The number of thioether (sulfide) groups is 1. The maximum atomic E-state index is 11.5. The number of carbonyl (C=O) groups is 2. The molecule has 0 aromatic carbocycles. The Hall–Kier alpha value is -0.750. The Morgan fingerprint density at radius 2 is 2.28 bits per heavy atom. The first-order valence-corrected chi connectivity index (χ1v) is 7.34. The summed E-state index contributed by atoms with van der Waals surface area (Å²) >= 11 is 1.69. The van der Waals surface area contributed by atoms with Gasteiger partial charge in [0.2, 0.25) is 6.29 Å². The minimum atomic E-state index is -0.556. The summed E-state index contributed by atoms with van der Waals surface area (Å²) in [5.41, 5.74) is 0. The fourth-order valence-corrected chi connectivity index (χ4v) is 2.14. The Labute approximate surface area is 112 Å². The van der Waals surface area contributed by atoms with E-state index >= 15 is 0 Å². The van der Waals surface area contributed by atoms with Gasteiger partial charge < -0.3 is 14.2 Å². The van der Waals surface area contributed by atoms with Crippen LogP contribution in [-0.4, -0.2) is 42.9 Å². The van der Waals surface area contributed by atoms with E-state index in [-0.39, 0.29) is 18.5 Å². The Morgan fingerprint density at radius 3 is 3.00 bits per heavy atom. The third kappa shape index (κ3) is 5.73. The Morgan fingerprint density at radius 1 is 1.50 bits per heavy atom. The summed E-state index contributed by atoms with van der Waals surface area (Å²) in [6.45, 7) is 3.91. The van der Waals surface area contributed by atoms with Crippen molar-refractivity contribution >= 4 is 23.7 Å². The highest BCUT2D eigenvalue weighted by molar-refractivity contribution is 7.99. The van der Waals surface area contributed by atoms with Crippen LogP contribution in [0.25, 0.3) is 0 Å². The zero-order valence-corrected chi connectivity index (χ0v) is 11.7. The van der Waals surface area contributed by atoms with Crippen LogP contribution in [0.4, 0.5) is 0 Å². The van der Waals surface area contributed by atoms with Crippen molar-refractivity contribution < 1.29 is 23.8 Å². The van der Waals surface area contributed by atoms with E-state index in [9.17, 15) is 9.59 Å². The van der Waals surface area contributed by atoms with E-state index in [0.29, 0.717) is 18.8 Å². The van der Waals surface area contributed by atoms with Crippen LogP contribution in [0.5, 0.6) is 0 Å². The van der Waals surface area contributed by atoms with Crippen LogP contribution in [0.2, 0.25) is 0 Å². The van der Waals surface area contributed by atoms with Gasteiger partial charge in [-0.2, -0.15) is 11.8 Å². The van der Waals surface area contributed by atoms with E-state index in [4.69, 9.17) is 14.2 Å². The molecule has 0 amide bonds. The van der Waals surface area contributed by atoms with Crippen LogP contribution in [0, 0.1) is 5.92 Å². The van der Waals surface area contributed by atoms with E-state index < -0.39 is 12.3 Å². The normalized spacial score (nSPS) is 21.8. The number of carbonyl (C=O) groups excluding carboxylic acids is 2. The first-order chi connectivity index (χ1) is 8.63. The molecule has 0 radical (unpaired) electrons. The number of rotatable bonds is 5. The molecule has 2 unspecified atom stereocenters. The molecule has 0 aromatic rings. The van der Waals surface area contributed by atoms with Crippen molar-refractivity contribution in [3.05, 3.63) is 0 Å². The second-order valence-electron chi connectivity index (χ2n) is 4.14. The van der Waals surface area contributed by atoms with Crippen molar-refractivity contribution in [2.75, 3.05) is 24.7 Å². The van der Waals surface area contributed by atoms with Crippen molar-refractivity contribution in [2.45, 2.75) is 33.0 Å². The fourth-order valence-electron chi connectivity index (χ4n) is 1.29. The first-order valence-electron chi connectivity index (χ1n) is 6.19. The second-order valence-corrected chi connectivity index (χ2v) is 5.29. The summed E-state index contributed by atoms with van der Waals surface area (Å²) in [6, 6.07) is 0. The van der Waals surface area contributed by atoms with Crippen molar-refractivity contribution in [3.8, 4) is 0 Å². The number of hydrogen-bond acceptors (Lipinski definition) is 6. The molecule has 18 heavy (non-hydrogen) atoms. The van der Waals surface area contributed by atoms with Gasteiger partial charge in [0.15, 0.2) is 6.61 Å². The summed E-state index contributed by atoms with van der Waals surface area (Å²) in [5, 5.41) is 0. The molecule has 0 spiro atoms. The van der Waals surface area contributed by atoms with Gasteiger partial charge in [0.1, 0.15) is 0 Å². The van der Waals surface area contributed by atoms with Crippen molar-refractivity contribution in [1.29, 1.82) is 0 Å². The van der Waals surface area contributed by atoms with Gasteiger partial charge in [-0.1, -0.05) is 13.8 Å². The summed E-state index contributed by atoms with van der Waals surface area (Å²) in [4.78, 5) is 22.8. The van der Waals surface area contributed by atoms with Gasteiger partial charge in [-0.3, -0.25) is 4.79 Å². The zero-order chi connectivity index (χ0) is 13.4. The third-order valence-corrected chi connectivity index (χ3v) is 3.69. The monoisotopic (exact) mass is 276 g/mol. The molecule has 1 aliphatic heterocycles. The van der Waals surface area contributed by atoms with Gasteiger partial charge in [0, 0.05) is 0 Å². The van der Waals surface area contributed by atoms with Crippen LogP contribution in [-0.2, 0) is 23.8 Å². The van der Waals surface area contributed by atoms with Gasteiger partial charge >= 0.3 is 11.9 Å². The SMILES string of the molecule is CCC(C)C(=O)OCC(=O)OC1CSCCCO1. The average Bonchev–Trinajstić information content (AvgIpc) is 2.63. The number of ether oxygens (including phenoxy) is 3. The Kier molecular flexibility index (Phi) is 7.12.